The van der Waals surface area contributed by atoms with Gasteiger partial charge in [-0.25, -0.2) is 0 Å². The Morgan fingerprint density at radius 1 is 1.30 bits per heavy atom. The van der Waals surface area contributed by atoms with E-state index >= 15 is 0 Å². The maximum Gasteiger partial charge on any atom is 0.307 e. The fourth-order valence-electron chi connectivity index (χ4n) is 3.63. The number of fused-ring (bicyclic) bond motifs is 2. The first-order valence-corrected chi connectivity index (χ1v) is 6.83. The standard InChI is InChI=1S/C14H16N2O4/c15-6-10-7-16(3-4-20-10)13(17)11-8-1-2-9(5-8)12(11)14(18)19/h1-2,8-12H,3-5,7H2,(H,18,19)/t8?,9?,10?,11-,12+/m0/s1. The highest BCUT2D eigenvalue weighted by Gasteiger charge is 2.52. The summed E-state index contributed by atoms with van der Waals surface area (Å²) in [6, 6.07) is 2.00. The first-order chi connectivity index (χ1) is 9.61. The van der Waals surface area contributed by atoms with E-state index in [2.05, 4.69) is 0 Å². The molecule has 6 nitrogen and oxygen atoms in total. The lowest BCUT2D eigenvalue weighted by molar-refractivity contribution is -0.153. The average Bonchev–Trinajstić information content (AvgIpc) is 3.07. The molecule has 0 spiro atoms. The van der Waals surface area contributed by atoms with Gasteiger partial charge in [-0.05, 0) is 18.3 Å². The van der Waals surface area contributed by atoms with E-state index in [4.69, 9.17) is 10.00 Å². The SMILES string of the molecule is N#CC1CN(C(=O)[C@H]2C3C=CC(C3)[C@H]2C(=O)O)CCO1. The first-order valence-electron chi connectivity index (χ1n) is 6.83. The number of amides is 1. The number of morpholine rings is 1. The summed E-state index contributed by atoms with van der Waals surface area (Å²) in [6.45, 7) is 0.999. The Labute approximate surface area is 116 Å². The molecule has 2 fully saturated rings. The van der Waals surface area contributed by atoms with Gasteiger partial charge < -0.3 is 14.7 Å². The van der Waals surface area contributed by atoms with Crippen molar-refractivity contribution in [1.29, 1.82) is 5.26 Å². The summed E-state index contributed by atoms with van der Waals surface area (Å²) >= 11 is 0. The number of nitrogens with zero attached hydrogens (tertiary/aromatic N) is 2. The summed E-state index contributed by atoms with van der Waals surface area (Å²) < 4.78 is 5.22. The molecule has 1 N–H and O–H groups in total. The van der Waals surface area contributed by atoms with Crippen LogP contribution in [-0.4, -0.2) is 47.7 Å². The van der Waals surface area contributed by atoms with Crippen molar-refractivity contribution in [1.82, 2.24) is 4.90 Å². The van der Waals surface area contributed by atoms with Crippen molar-refractivity contribution in [2.24, 2.45) is 23.7 Å². The van der Waals surface area contributed by atoms with Crippen molar-refractivity contribution in [3.63, 3.8) is 0 Å². The molecular formula is C14H16N2O4. The molecule has 1 amide bonds. The molecule has 1 aliphatic heterocycles. The largest absolute Gasteiger partial charge is 0.481 e. The topological polar surface area (TPSA) is 90.6 Å². The molecule has 3 rings (SSSR count). The molecule has 2 bridgehead atoms. The molecule has 20 heavy (non-hydrogen) atoms. The molecule has 0 aromatic carbocycles. The lowest BCUT2D eigenvalue weighted by atomic mass is 9.82. The van der Waals surface area contributed by atoms with Gasteiger partial charge in [0.2, 0.25) is 5.91 Å². The van der Waals surface area contributed by atoms with Crippen molar-refractivity contribution >= 4 is 11.9 Å². The van der Waals surface area contributed by atoms with Crippen LogP contribution in [0.5, 0.6) is 0 Å². The van der Waals surface area contributed by atoms with E-state index in [0.29, 0.717) is 13.2 Å². The smallest absolute Gasteiger partial charge is 0.307 e. The Morgan fingerprint density at radius 2 is 2.00 bits per heavy atom. The lowest BCUT2D eigenvalue weighted by Crippen LogP contribution is -2.50. The Morgan fingerprint density at radius 3 is 2.65 bits per heavy atom. The Hall–Kier alpha value is -1.87. The number of aliphatic carboxylic acids is 1. The molecule has 1 saturated heterocycles. The maximum atomic E-state index is 12.6. The summed E-state index contributed by atoms with van der Waals surface area (Å²) in [6.07, 6.45) is 4.03. The van der Waals surface area contributed by atoms with Crippen molar-refractivity contribution in [2.75, 3.05) is 19.7 Å². The van der Waals surface area contributed by atoms with Gasteiger partial charge in [0.1, 0.15) is 0 Å². The summed E-state index contributed by atoms with van der Waals surface area (Å²) in [5.41, 5.74) is 0. The minimum absolute atomic E-state index is 0.0250. The molecule has 3 aliphatic rings. The van der Waals surface area contributed by atoms with Crippen LogP contribution in [0.4, 0.5) is 0 Å². The van der Waals surface area contributed by atoms with E-state index in [0.717, 1.165) is 6.42 Å². The fourth-order valence-corrected chi connectivity index (χ4v) is 3.63. The first kappa shape index (κ1) is 13.1. The second-order valence-electron chi connectivity index (χ2n) is 5.61. The molecular weight excluding hydrogens is 260 g/mol. The Kier molecular flexibility index (Phi) is 3.22. The van der Waals surface area contributed by atoms with Gasteiger partial charge in [0.25, 0.3) is 0 Å². The van der Waals surface area contributed by atoms with Gasteiger partial charge in [-0.15, -0.1) is 0 Å². The summed E-state index contributed by atoms with van der Waals surface area (Å²) in [5.74, 6) is -2.15. The predicted octanol–water partition coefficient (Wildman–Crippen LogP) is 0.260. The second-order valence-corrected chi connectivity index (χ2v) is 5.61. The van der Waals surface area contributed by atoms with Crippen LogP contribution in [0, 0.1) is 35.0 Å². The molecule has 0 radical (unpaired) electrons. The highest BCUT2D eigenvalue weighted by atomic mass is 16.5. The molecule has 1 heterocycles. The number of carbonyl (C=O) groups is 2. The third-order valence-electron chi connectivity index (χ3n) is 4.55. The Balaban J connectivity index is 1.78. The molecule has 106 valence electrons. The fraction of sp³-hybridized carbons (Fsp3) is 0.643. The van der Waals surface area contributed by atoms with E-state index < -0.39 is 23.9 Å². The predicted molar refractivity (Wildman–Crippen MR) is 67.3 cm³/mol. The molecule has 2 aliphatic carbocycles. The summed E-state index contributed by atoms with van der Waals surface area (Å²) in [5, 5.41) is 18.3. The number of hydrogen-bond acceptors (Lipinski definition) is 4. The number of hydrogen-bond donors (Lipinski definition) is 1. The van der Waals surface area contributed by atoms with Crippen molar-refractivity contribution < 1.29 is 19.4 Å². The molecule has 5 atom stereocenters. The Bertz CT molecular complexity index is 510. The van der Waals surface area contributed by atoms with Crippen LogP contribution >= 0.6 is 0 Å². The molecule has 0 aromatic heterocycles. The van der Waals surface area contributed by atoms with Gasteiger partial charge in [0.05, 0.1) is 31.1 Å². The van der Waals surface area contributed by atoms with E-state index in [1.54, 1.807) is 4.90 Å². The van der Waals surface area contributed by atoms with Gasteiger partial charge >= 0.3 is 5.97 Å². The van der Waals surface area contributed by atoms with Crippen LogP contribution in [0.25, 0.3) is 0 Å². The van der Waals surface area contributed by atoms with E-state index in [1.807, 2.05) is 18.2 Å². The zero-order valence-electron chi connectivity index (χ0n) is 10.9. The zero-order chi connectivity index (χ0) is 14.3. The third-order valence-corrected chi connectivity index (χ3v) is 4.55. The number of carbonyl (C=O) groups excluding carboxylic acids is 1. The van der Waals surface area contributed by atoms with Gasteiger partial charge in [0.15, 0.2) is 6.10 Å². The quantitative estimate of drug-likeness (QED) is 0.731. The molecule has 1 saturated carbocycles. The normalized spacial score (nSPS) is 38.8. The van der Waals surface area contributed by atoms with E-state index in [9.17, 15) is 14.7 Å². The van der Waals surface area contributed by atoms with Crippen LogP contribution in [0.15, 0.2) is 12.2 Å². The van der Waals surface area contributed by atoms with Crippen LogP contribution in [0.3, 0.4) is 0 Å². The van der Waals surface area contributed by atoms with Gasteiger partial charge in [-0.1, -0.05) is 12.2 Å². The number of rotatable bonds is 2. The van der Waals surface area contributed by atoms with Crippen LogP contribution in [0.1, 0.15) is 6.42 Å². The number of nitriles is 1. The minimum atomic E-state index is -0.898. The summed E-state index contributed by atoms with van der Waals surface area (Å²) in [4.78, 5) is 25.6. The monoisotopic (exact) mass is 276 g/mol. The average molecular weight is 276 g/mol. The maximum absolute atomic E-state index is 12.6. The number of carboxylic acids is 1. The van der Waals surface area contributed by atoms with Crippen LogP contribution < -0.4 is 0 Å². The van der Waals surface area contributed by atoms with Crippen LogP contribution in [0.2, 0.25) is 0 Å². The van der Waals surface area contributed by atoms with Crippen LogP contribution in [-0.2, 0) is 14.3 Å². The van der Waals surface area contributed by atoms with E-state index in [-0.39, 0.29) is 24.3 Å². The van der Waals surface area contributed by atoms with E-state index in [1.165, 1.54) is 0 Å². The second kappa shape index (κ2) is 4.91. The number of allylic oxidation sites excluding steroid dienone is 2. The van der Waals surface area contributed by atoms with Crippen molar-refractivity contribution in [2.45, 2.75) is 12.5 Å². The zero-order valence-corrected chi connectivity index (χ0v) is 10.9. The molecule has 0 aromatic rings. The van der Waals surface area contributed by atoms with Gasteiger partial charge in [-0.3, -0.25) is 9.59 Å². The third kappa shape index (κ3) is 1.98. The lowest BCUT2D eigenvalue weighted by Gasteiger charge is -2.34. The highest BCUT2D eigenvalue weighted by molar-refractivity contribution is 5.87. The molecule has 6 heteroatoms. The van der Waals surface area contributed by atoms with Gasteiger partial charge in [-0.2, -0.15) is 5.26 Å². The number of ether oxygens (including phenoxy) is 1. The highest BCUT2D eigenvalue weighted by Crippen LogP contribution is 2.48. The van der Waals surface area contributed by atoms with Crippen molar-refractivity contribution in [3.05, 3.63) is 12.2 Å². The number of carboxylic acid groups (broad SMARTS) is 1. The van der Waals surface area contributed by atoms with Crippen molar-refractivity contribution in [3.8, 4) is 6.07 Å². The minimum Gasteiger partial charge on any atom is -0.481 e. The summed E-state index contributed by atoms with van der Waals surface area (Å²) in [7, 11) is 0. The molecule has 3 unspecified atom stereocenters. The van der Waals surface area contributed by atoms with Gasteiger partial charge in [0, 0.05) is 6.54 Å².